The van der Waals surface area contributed by atoms with E-state index in [4.69, 9.17) is 4.74 Å². The first-order valence-corrected chi connectivity index (χ1v) is 8.94. The molecule has 1 saturated heterocycles. The number of anilines is 1. The second-order valence-corrected chi connectivity index (χ2v) is 6.81. The molecule has 0 atom stereocenters. The van der Waals surface area contributed by atoms with Gasteiger partial charge >= 0.3 is 0 Å². The van der Waals surface area contributed by atoms with Crippen LogP contribution < -0.4 is 9.64 Å². The first-order chi connectivity index (χ1) is 12.3. The third kappa shape index (κ3) is 3.87. The minimum Gasteiger partial charge on any atom is -0.481 e. The largest absolute Gasteiger partial charge is 0.481 e. The lowest BCUT2D eigenvalue weighted by Crippen LogP contribution is -2.46. The van der Waals surface area contributed by atoms with E-state index < -0.39 is 0 Å². The Labute approximate surface area is 148 Å². The van der Waals surface area contributed by atoms with Gasteiger partial charge in [0.2, 0.25) is 5.88 Å². The monoisotopic (exact) mass is 340 g/mol. The molecule has 7 nitrogen and oxygen atoms in total. The fraction of sp³-hybridized carbons (Fsp3) is 0.556. The van der Waals surface area contributed by atoms with Gasteiger partial charge in [-0.3, -0.25) is 4.90 Å². The van der Waals surface area contributed by atoms with Crippen molar-refractivity contribution in [3.05, 3.63) is 36.7 Å². The molecule has 3 heterocycles. The summed E-state index contributed by atoms with van der Waals surface area (Å²) in [5, 5.41) is 0. The summed E-state index contributed by atoms with van der Waals surface area (Å²) in [4.78, 5) is 21.9. The predicted molar refractivity (Wildman–Crippen MR) is 94.4 cm³/mol. The zero-order valence-electron chi connectivity index (χ0n) is 14.6. The maximum Gasteiger partial charge on any atom is 0.218 e. The van der Waals surface area contributed by atoms with Crippen molar-refractivity contribution in [3.63, 3.8) is 0 Å². The molecule has 132 valence electrons. The van der Waals surface area contributed by atoms with Gasteiger partial charge in [-0.1, -0.05) is 0 Å². The summed E-state index contributed by atoms with van der Waals surface area (Å²) in [6.45, 7) is 3.11. The second-order valence-electron chi connectivity index (χ2n) is 6.81. The molecule has 0 unspecified atom stereocenters. The van der Waals surface area contributed by atoms with Crippen LogP contribution in [0.5, 0.6) is 5.88 Å². The van der Waals surface area contributed by atoms with Gasteiger partial charge in [0.05, 0.1) is 7.11 Å². The van der Waals surface area contributed by atoms with Gasteiger partial charge in [0.15, 0.2) is 0 Å². The molecule has 0 radical (unpaired) electrons. The van der Waals surface area contributed by atoms with Crippen LogP contribution in [-0.2, 0) is 6.54 Å². The average molecular weight is 340 g/mol. The Hall–Kier alpha value is -2.28. The first kappa shape index (κ1) is 16.2. The van der Waals surface area contributed by atoms with Crippen molar-refractivity contribution in [2.45, 2.75) is 44.3 Å². The summed E-state index contributed by atoms with van der Waals surface area (Å²) >= 11 is 0. The highest BCUT2D eigenvalue weighted by atomic mass is 16.5. The van der Waals surface area contributed by atoms with Crippen molar-refractivity contribution in [2.24, 2.45) is 0 Å². The van der Waals surface area contributed by atoms with Crippen LogP contribution in [0.3, 0.4) is 0 Å². The Morgan fingerprint density at radius 2 is 1.76 bits per heavy atom. The molecule has 1 saturated carbocycles. The average Bonchev–Trinajstić information content (AvgIpc) is 3.49. The molecule has 2 aromatic rings. The normalized spacial score (nSPS) is 18.9. The Kier molecular flexibility index (Phi) is 4.74. The van der Waals surface area contributed by atoms with Crippen molar-refractivity contribution in [1.82, 2.24) is 24.8 Å². The van der Waals surface area contributed by atoms with Crippen LogP contribution in [0, 0.1) is 0 Å². The molecule has 1 aliphatic carbocycles. The fourth-order valence-electron chi connectivity index (χ4n) is 3.63. The van der Waals surface area contributed by atoms with E-state index in [-0.39, 0.29) is 0 Å². The van der Waals surface area contributed by atoms with Gasteiger partial charge in [-0.2, -0.15) is 0 Å². The van der Waals surface area contributed by atoms with Crippen LogP contribution in [0.4, 0.5) is 5.82 Å². The maximum atomic E-state index is 5.28. The molecule has 0 amide bonds. The lowest BCUT2D eigenvalue weighted by molar-refractivity contribution is 0.200. The van der Waals surface area contributed by atoms with Crippen LogP contribution >= 0.6 is 0 Å². The summed E-state index contributed by atoms with van der Waals surface area (Å²) in [5.41, 5.74) is 1.18. The Bertz CT molecular complexity index is 685. The number of likely N-dealkylation sites (tertiary alicyclic amines) is 1. The number of nitrogens with zero attached hydrogens (tertiary/aromatic N) is 6. The lowest BCUT2D eigenvalue weighted by Gasteiger charge is -2.39. The topological polar surface area (TPSA) is 67.3 Å². The first-order valence-electron chi connectivity index (χ1n) is 8.94. The minimum absolute atomic E-state index is 0.537. The molecule has 1 aliphatic heterocycles. The maximum absolute atomic E-state index is 5.28. The van der Waals surface area contributed by atoms with Crippen LogP contribution in [0.2, 0.25) is 0 Å². The van der Waals surface area contributed by atoms with Gasteiger partial charge in [0.25, 0.3) is 0 Å². The molecule has 7 heteroatoms. The van der Waals surface area contributed by atoms with Crippen molar-refractivity contribution in [2.75, 3.05) is 25.1 Å². The zero-order chi connectivity index (χ0) is 17.1. The molecule has 0 bridgehead atoms. The number of hydrogen-bond acceptors (Lipinski definition) is 7. The summed E-state index contributed by atoms with van der Waals surface area (Å²) in [5.74, 6) is 1.64. The van der Waals surface area contributed by atoms with E-state index in [1.54, 1.807) is 19.8 Å². The van der Waals surface area contributed by atoms with Crippen molar-refractivity contribution in [3.8, 4) is 5.88 Å². The van der Waals surface area contributed by atoms with Gasteiger partial charge in [-0.15, -0.1) is 0 Å². The van der Waals surface area contributed by atoms with Gasteiger partial charge < -0.3 is 9.64 Å². The molecule has 0 spiro atoms. The number of hydrogen-bond donors (Lipinski definition) is 0. The number of piperidine rings is 1. The second kappa shape index (κ2) is 7.31. The van der Waals surface area contributed by atoms with Gasteiger partial charge in [0.1, 0.15) is 18.5 Å². The van der Waals surface area contributed by atoms with Crippen molar-refractivity contribution in [1.29, 1.82) is 0 Å². The van der Waals surface area contributed by atoms with E-state index in [0.717, 1.165) is 38.3 Å². The Balaban J connectivity index is 1.41. The van der Waals surface area contributed by atoms with Crippen LogP contribution in [0.25, 0.3) is 0 Å². The minimum atomic E-state index is 0.537. The smallest absolute Gasteiger partial charge is 0.218 e. The number of methoxy groups -OCH3 is 1. The van der Waals surface area contributed by atoms with Crippen LogP contribution in [-0.4, -0.2) is 57.1 Å². The quantitative estimate of drug-likeness (QED) is 0.795. The van der Waals surface area contributed by atoms with Crippen molar-refractivity contribution >= 4 is 5.82 Å². The molecule has 4 rings (SSSR count). The summed E-state index contributed by atoms with van der Waals surface area (Å²) in [7, 11) is 1.65. The molecule has 25 heavy (non-hydrogen) atoms. The van der Waals surface area contributed by atoms with Crippen LogP contribution in [0.1, 0.15) is 31.2 Å². The summed E-state index contributed by atoms with van der Waals surface area (Å²) in [6, 6.07) is 3.13. The number of ether oxygens (including phenoxy) is 1. The van der Waals surface area contributed by atoms with E-state index in [1.807, 2.05) is 18.5 Å². The third-order valence-electron chi connectivity index (χ3n) is 5.01. The van der Waals surface area contributed by atoms with E-state index in [0.29, 0.717) is 18.0 Å². The van der Waals surface area contributed by atoms with E-state index >= 15 is 0 Å². The van der Waals surface area contributed by atoms with Crippen LogP contribution in [0.15, 0.2) is 31.1 Å². The highest BCUT2D eigenvalue weighted by molar-refractivity contribution is 5.45. The molecule has 2 fully saturated rings. The summed E-state index contributed by atoms with van der Waals surface area (Å²) < 4.78 is 5.28. The fourth-order valence-corrected chi connectivity index (χ4v) is 3.63. The predicted octanol–water partition coefficient (Wildman–Crippen LogP) is 1.91. The SMILES string of the molecule is COc1cc(N(C2CC2)C2CCN(Cc3cncnc3)CC2)ncn1. The standard InChI is InChI=1S/C18H24N6O/c1-25-18-8-17(21-13-22-18)24(15-2-3-15)16-4-6-23(7-5-16)11-14-9-19-12-20-10-14/h8-10,12-13,15-16H,2-7,11H2,1H3. The van der Waals surface area contributed by atoms with Gasteiger partial charge in [-0.25, -0.2) is 19.9 Å². The van der Waals surface area contributed by atoms with E-state index in [1.165, 1.54) is 18.4 Å². The molecule has 2 aliphatic rings. The highest BCUT2D eigenvalue weighted by Gasteiger charge is 2.36. The molecule has 0 aromatic carbocycles. The lowest BCUT2D eigenvalue weighted by atomic mass is 10.0. The van der Waals surface area contributed by atoms with E-state index in [9.17, 15) is 0 Å². The highest BCUT2D eigenvalue weighted by Crippen LogP contribution is 2.36. The zero-order valence-corrected chi connectivity index (χ0v) is 14.6. The Morgan fingerprint density at radius 1 is 1.04 bits per heavy atom. The Morgan fingerprint density at radius 3 is 2.44 bits per heavy atom. The molecule has 0 N–H and O–H groups in total. The van der Waals surface area contributed by atoms with Gasteiger partial charge in [-0.05, 0) is 25.7 Å². The van der Waals surface area contributed by atoms with Gasteiger partial charge in [0, 0.05) is 55.7 Å². The number of aromatic nitrogens is 4. The van der Waals surface area contributed by atoms with E-state index in [2.05, 4.69) is 29.7 Å². The summed E-state index contributed by atoms with van der Waals surface area (Å²) in [6.07, 6.45) is 11.8. The van der Waals surface area contributed by atoms with Crippen molar-refractivity contribution < 1.29 is 4.74 Å². The number of rotatable bonds is 6. The molecular weight excluding hydrogens is 316 g/mol. The molecular formula is C18H24N6O. The third-order valence-corrected chi connectivity index (χ3v) is 5.01. The molecule has 2 aromatic heterocycles.